The van der Waals surface area contributed by atoms with Crippen molar-refractivity contribution in [1.82, 2.24) is 4.90 Å². The molecule has 1 aromatic heterocycles. The van der Waals surface area contributed by atoms with Crippen LogP contribution in [-0.2, 0) is 24.2 Å². The van der Waals surface area contributed by atoms with Gasteiger partial charge in [-0.25, -0.2) is 4.39 Å². The van der Waals surface area contributed by atoms with Gasteiger partial charge in [0.05, 0.1) is 12.7 Å². The second-order valence-electron chi connectivity index (χ2n) is 5.96. The Morgan fingerprint density at radius 1 is 1.17 bits per heavy atom. The number of furan rings is 1. The maximum atomic E-state index is 13.7. The summed E-state index contributed by atoms with van der Waals surface area (Å²) in [5.41, 5.74) is 3.37. The van der Waals surface area contributed by atoms with E-state index in [0.29, 0.717) is 5.56 Å². The third-order valence-electron chi connectivity index (χ3n) is 4.26. The van der Waals surface area contributed by atoms with Crippen molar-refractivity contribution in [2.45, 2.75) is 26.3 Å². The van der Waals surface area contributed by atoms with Crippen LogP contribution in [0.15, 0.2) is 53.1 Å². The molecule has 0 saturated carbocycles. The van der Waals surface area contributed by atoms with Crippen LogP contribution in [0.2, 0.25) is 0 Å². The van der Waals surface area contributed by atoms with Gasteiger partial charge < -0.3 is 9.32 Å². The molecule has 3 nitrogen and oxygen atoms in total. The molecule has 2 aromatic carbocycles. The van der Waals surface area contributed by atoms with Crippen LogP contribution in [0.3, 0.4) is 0 Å². The summed E-state index contributed by atoms with van der Waals surface area (Å²) in [4.78, 5) is 14.0. The first-order valence-electron chi connectivity index (χ1n) is 8.05. The highest BCUT2D eigenvalue weighted by Gasteiger charge is 2.15. The molecule has 3 rings (SSSR count). The van der Waals surface area contributed by atoms with E-state index in [0.717, 1.165) is 23.0 Å². The zero-order valence-electron chi connectivity index (χ0n) is 13.9. The van der Waals surface area contributed by atoms with Gasteiger partial charge in [0.15, 0.2) is 0 Å². The Labute approximate surface area is 140 Å². The van der Waals surface area contributed by atoms with Crippen molar-refractivity contribution in [2.24, 2.45) is 0 Å². The van der Waals surface area contributed by atoms with E-state index in [1.165, 1.54) is 16.5 Å². The standard InChI is InChI=1S/C20H20FNO2/c1-3-14-8-9-17-16(13-24-19(17)10-14)11-20(23)22(2)12-15-6-4-5-7-18(15)21/h4-10,13H,3,11-12H2,1-2H3. The smallest absolute Gasteiger partial charge is 0.227 e. The Morgan fingerprint density at radius 2 is 1.96 bits per heavy atom. The van der Waals surface area contributed by atoms with Crippen LogP contribution in [0.4, 0.5) is 4.39 Å². The monoisotopic (exact) mass is 325 g/mol. The molecule has 0 aliphatic heterocycles. The fraction of sp³-hybridized carbons (Fsp3) is 0.250. The minimum Gasteiger partial charge on any atom is -0.464 e. The molecule has 0 N–H and O–H groups in total. The molecule has 0 atom stereocenters. The van der Waals surface area contributed by atoms with E-state index in [-0.39, 0.29) is 24.7 Å². The lowest BCUT2D eigenvalue weighted by Crippen LogP contribution is -2.28. The molecule has 0 saturated heterocycles. The maximum Gasteiger partial charge on any atom is 0.227 e. The van der Waals surface area contributed by atoms with Crippen LogP contribution < -0.4 is 0 Å². The van der Waals surface area contributed by atoms with Gasteiger partial charge in [0.2, 0.25) is 5.91 Å². The number of aryl methyl sites for hydroxylation is 1. The zero-order valence-corrected chi connectivity index (χ0v) is 13.9. The molecular formula is C20H20FNO2. The fourth-order valence-electron chi connectivity index (χ4n) is 2.75. The van der Waals surface area contributed by atoms with Gasteiger partial charge in [-0.1, -0.05) is 37.3 Å². The highest BCUT2D eigenvalue weighted by molar-refractivity contribution is 5.87. The molecule has 124 valence electrons. The molecular weight excluding hydrogens is 305 g/mol. The van der Waals surface area contributed by atoms with Gasteiger partial charge in [-0.2, -0.15) is 0 Å². The molecule has 0 fully saturated rings. The predicted octanol–water partition coefficient (Wildman–Crippen LogP) is 4.34. The molecule has 1 heterocycles. The van der Waals surface area contributed by atoms with Crippen molar-refractivity contribution in [3.05, 3.63) is 71.2 Å². The summed E-state index contributed by atoms with van der Waals surface area (Å²) in [5.74, 6) is -0.362. The maximum absolute atomic E-state index is 13.7. The van der Waals surface area contributed by atoms with E-state index >= 15 is 0 Å². The topological polar surface area (TPSA) is 33.5 Å². The lowest BCUT2D eigenvalue weighted by Gasteiger charge is -2.17. The van der Waals surface area contributed by atoms with Crippen LogP contribution in [-0.4, -0.2) is 17.9 Å². The van der Waals surface area contributed by atoms with E-state index < -0.39 is 0 Å². The largest absolute Gasteiger partial charge is 0.464 e. The summed E-state index contributed by atoms with van der Waals surface area (Å²) in [7, 11) is 1.69. The van der Waals surface area contributed by atoms with Gasteiger partial charge in [0.1, 0.15) is 11.4 Å². The lowest BCUT2D eigenvalue weighted by molar-refractivity contribution is -0.129. The van der Waals surface area contributed by atoms with Gasteiger partial charge in [0, 0.05) is 30.1 Å². The lowest BCUT2D eigenvalue weighted by atomic mass is 10.1. The first kappa shape index (κ1) is 16.2. The number of carbonyl (C=O) groups excluding carboxylic acids is 1. The molecule has 0 bridgehead atoms. The second kappa shape index (κ2) is 6.87. The number of likely N-dealkylation sites (N-methyl/N-ethyl adjacent to an activating group) is 1. The van der Waals surface area contributed by atoms with Crippen molar-refractivity contribution in [3.63, 3.8) is 0 Å². The number of nitrogens with zero attached hydrogens (tertiary/aromatic N) is 1. The molecule has 0 aliphatic rings. The van der Waals surface area contributed by atoms with E-state index in [1.807, 2.05) is 12.1 Å². The average Bonchev–Trinajstić information content (AvgIpc) is 2.98. The molecule has 4 heteroatoms. The van der Waals surface area contributed by atoms with E-state index in [9.17, 15) is 9.18 Å². The van der Waals surface area contributed by atoms with Crippen LogP contribution in [0.25, 0.3) is 11.0 Å². The number of benzene rings is 2. The van der Waals surface area contributed by atoms with E-state index in [2.05, 4.69) is 13.0 Å². The van der Waals surface area contributed by atoms with Gasteiger partial charge >= 0.3 is 0 Å². The Kier molecular flexibility index (Phi) is 4.65. The number of rotatable bonds is 5. The number of hydrogen-bond donors (Lipinski definition) is 0. The van der Waals surface area contributed by atoms with Gasteiger partial charge in [-0.15, -0.1) is 0 Å². The Bertz CT molecular complexity index is 869. The average molecular weight is 325 g/mol. The molecule has 0 radical (unpaired) electrons. The summed E-state index contributed by atoms with van der Waals surface area (Å²) in [5, 5.41) is 0.958. The van der Waals surface area contributed by atoms with Gasteiger partial charge in [-0.3, -0.25) is 4.79 Å². The van der Waals surface area contributed by atoms with Crippen molar-refractivity contribution < 1.29 is 13.6 Å². The predicted molar refractivity (Wildman–Crippen MR) is 92.2 cm³/mol. The molecule has 0 spiro atoms. The zero-order chi connectivity index (χ0) is 17.1. The van der Waals surface area contributed by atoms with Crippen molar-refractivity contribution in [3.8, 4) is 0 Å². The molecule has 1 amide bonds. The summed E-state index contributed by atoms with van der Waals surface area (Å²) >= 11 is 0. The number of fused-ring (bicyclic) bond motifs is 1. The van der Waals surface area contributed by atoms with Crippen LogP contribution in [0.1, 0.15) is 23.6 Å². The van der Waals surface area contributed by atoms with Crippen molar-refractivity contribution in [2.75, 3.05) is 7.05 Å². The van der Waals surface area contributed by atoms with Crippen LogP contribution in [0, 0.1) is 5.82 Å². The Balaban J connectivity index is 1.73. The highest BCUT2D eigenvalue weighted by atomic mass is 19.1. The summed E-state index contributed by atoms with van der Waals surface area (Å²) in [6.45, 7) is 2.34. The third-order valence-corrected chi connectivity index (χ3v) is 4.26. The summed E-state index contributed by atoms with van der Waals surface area (Å²) in [6.07, 6.45) is 2.82. The number of carbonyl (C=O) groups is 1. The Morgan fingerprint density at radius 3 is 2.71 bits per heavy atom. The van der Waals surface area contributed by atoms with Gasteiger partial charge in [0.25, 0.3) is 0 Å². The second-order valence-corrected chi connectivity index (χ2v) is 5.96. The first-order valence-corrected chi connectivity index (χ1v) is 8.05. The van der Waals surface area contributed by atoms with Crippen molar-refractivity contribution >= 4 is 16.9 Å². The fourth-order valence-corrected chi connectivity index (χ4v) is 2.75. The SMILES string of the molecule is CCc1ccc2c(CC(=O)N(C)Cc3ccccc3F)coc2c1. The van der Waals surface area contributed by atoms with Crippen molar-refractivity contribution in [1.29, 1.82) is 0 Å². The molecule has 3 aromatic rings. The number of hydrogen-bond acceptors (Lipinski definition) is 2. The third kappa shape index (κ3) is 3.32. The molecule has 0 aliphatic carbocycles. The number of amides is 1. The van der Waals surface area contributed by atoms with E-state index in [4.69, 9.17) is 4.42 Å². The quantitative estimate of drug-likeness (QED) is 0.699. The van der Waals surface area contributed by atoms with Gasteiger partial charge in [-0.05, 0) is 24.1 Å². The summed E-state index contributed by atoms with van der Waals surface area (Å²) in [6, 6.07) is 12.6. The Hall–Kier alpha value is -2.62. The minimum absolute atomic E-state index is 0.0690. The first-order chi connectivity index (χ1) is 11.6. The van der Waals surface area contributed by atoms with Crippen LogP contribution >= 0.6 is 0 Å². The highest BCUT2D eigenvalue weighted by Crippen LogP contribution is 2.23. The van der Waals surface area contributed by atoms with E-state index in [1.54, 1.807) is 31.5 Å². The normalized spacial score (nSPS) is 11.0. The number of halogens is 1. The molecule has 24 heavy (non-hydrogen) atoms. The minimum atomic E-state index is -0.294. The molecule has 0 unspecified atom stereocenters. The van der Waals surface area contributed by atoms with Crippen LogP contribution in [0.5, 0.6) is 0 Å². The summed E-state index contributed by atoms with van der Waals surface area (Å²) < 4.78 is 19.3.